The zero-order chi connectivity index (χ0) is 11.5. The molecule has 1 saturated heterocycles. The lowest BCUT2D eigenvalue weighted by Crippen LogP contribution is -2.33. The first kappa shape index (κ1) is 11.3. The Hall–Kier alpha value is -1.15. The van der Waals surface area contributed by atoms with Gasteiger partial charge in [0.1, 0.15) is 0 Å². The summed E-state index contributed by atoms with van der Waals surface area (Å²) in [6, 6.07) is 10.9. The molecule has 2 heteroatoms. The van der Waals surface area contributed by atoms with Crippen molar-refractivity contribution >= 4 is 5.78 Å². The summed E-state index contributed by atoms with van der Waals surface area (Å²) in [4.78, 5) is 14.0. The number of likely N-dealkylation sites (tertiary alicyclic amines) is 1. The van der Waals surface area contributed by atoms with Crippen molar-refractivity contribution in [2.45, 2.75) is 38.3 Å². The molecule has 2 rings (SSSR count). The number of benzene rings is 1. The first-order valence-electron chi connectivity index (χ1n) is 5.97. The molecule has 1 heterocycles. The zero-order valence-electron chi connectivity index (χ0n) is 10.0. The van der Waals surface area contributed by atoms with Crippen LogP contribution in [0, 0.1) is 0 Å². The standard InChI is InChI=1S/C14H19NO/c1-11-10-14(16)13(15(11)2)9-8-12-6-4-3-5-7-12/h3-7,11,13H,8-10H2,1-2H3. The van der Waals surface area contributed by atoms with Gasteiger partial charge in [0.15, 0.2) is 5.78 Å². The third-order valence-corrected chi connectivity index (χ3v) is 3.60. The molecule has 0 N–H and O–H groups in total. The lowest BCUT2D eigenvalue weighted by Gasteiger charge is -2.21. The molecule has 16 heavy (non-hydrogen) atoms. The van der Waals surface area contributed by atoms with Crippen molar-refractivity contribution < 1.29 is 4.79 Å². The first-order chi connectivity index (χ1) is 7.68. The van der Waals surface area contributed by atoms with Crippen molar-refractivity contribution in [1.29, 1.82) is 0 Å². The van der Waals surface area contributed by atoms with Crippen molar-refractivity contribution in [3.8, 4) is 0 Å². The predicted octanol–water partition coefficient (Wildman–Crippen LogP) is 2.28. The van der Waals surface area contributed by atoms with Gasteiger partial charge < -0.3 is 0 Å². The van der Waals surface area contributed by atoms with E-state index in [0.717, 1.165) is 19.3 Å². The van der Waals surface area contributed by atoms with E-state index in [4.69, 9.17) is 0 Å². The highest BCUT2D eigenvalue weighted by Gasteiger charge is 2.34. The molecule has 0 aromatic heterocycles. The third kappa shape index (κ3) is 2.33. The molecule has 0 radical (unpaired) electrons. The maximum atomic E-state index is 11.8. The molecule has 0 bridgehead atoms. The fraction of sp³-hybridized carbons (Fsp3) is 0.500. The Balaban J connectivity index is 1.93. The van der Waals surface area contributed by atoms with Crippen molar-refractivity contribution in [2.24, 2.45) is 0 Å². The highest BCUT2D eigenvalue weighted by molar-refractivity contribution is 5.86. The van der Waals surface area contributed by atoms with Crippen LogP contribution in [0.3, 0.4) is 0 Å². The molecule has 0 amide bonds. The summed E-state index contributed by atoms with van der Waals surface area (Å²) in [7, 11) is 2.06. The molecule has 2 atom stereocenters. The number of carbonyl (C=O) groups excluding carboxylic acids is 1. The summed E-state index contributed by atoms with van der Waals surface area (Å²) in [6.07, 6.45) is 2.66. The van der Waals surface area contributed by atoms with E-state index in [0.29, 0.717) is 11.8 Å². The maximum Gasteiger partial charge on any atom is 0.151 e. The summed E-state index contributed by atoms with van der Waals surface area (Å²) in [6.45, 7) is 2.13. The van der Waals surface area contributed by atoms with E-state index in [-0.39, 0.29) is 6.04 Å². The number of rotatable bonds is 3. The largest absolute Gasteiger partial charge is 0.298 e. The second-order valence-corrected chi connectivity index (χ2v) is 4.72. The third-order valence-electron chi connectivity index (χ3n) is 3.60. The zero-order valence-corrected chi connectivity index (χ0v) is 10.0. The number of Topliss-reactive ketones (excluding diaryl/α,β-unsaturated/α-hetero) is 1. The van der Waals surface area contributed by atoms with Crippen LogP contribution in [-0.4, -0.2) is 29.8 Å². The van der Waals surface area contributed by atoms with Crippen LogP contribution >= 0.6 is 0 Å². The molecule has 1 aromatic rings. The Morgan fingerprint density at radius 1 is 1.31 bits per heavy atom. The fourth-order valence-corrected chi connectivity index (χ4v) is 2.42. The summed E-state index contributed by atoms with van der Waals surface area (Å²) < 4.78 is 0. The molecule has 1 aliphatic rings. The molecule has 0 saturated carbocycles. The lowest BCUT2D eigenvalue weighted by atomic mass is 10.0. The summed E-state index contributed by atoms with van der Waals surface area (Å²) in [5, 5.41) is 0. The molecule has 2 nitrogen and oxygen atoms in total. The van der Waals surface area contributed by atoms with E-state index < -0.39 is 0 Å². The lowest BCUT2D eigenvalue weighted by molar-refractivity contribution is -0.119. The van der Waals surface area contributed by atoms with E-state index >= 15 is 0 Å². The Morgan fingerprint density at radius 2 is 2.00 bits per heavy atom. The Morgan fingerprint density at radius 3 is 2.56 bits per heavy atom. The average Bonchev–Trinajstić information content (AvgIpc) is 2.53. The molecular formula is C14H19NO. The van der Waals surface area contributed by atoms with Gasteiger partial charge >= 0.3 is 0 Å². The van der Waals surface area contributed by atoms with Crippen LogP contribution in [0.4, 0.5) is 0 Å². The minimum absolute atomic E-state index is 0.134. The van der Waals surface area contributed by atoms with E-state index in [2.05, 4.69) is 43.1 Å². The summed E-state index contributed by atoms with van der Waals surface area (Å²) in [5.41, 5.74) is 1.32. The molecule has 0 aliphatic carbocycles. The Bertz CT molecular complexity index is 360. The number of likely N-dealkylation sites (N-methyl/N-ethyl adjacent to an activating group) is 1. The highest BCUT2D eigenvalue weighted by atomic mass is 16.1. The minimum Gasteiger partial charge on any atom is -0.298 e. The Labute approximate surface area is 97.3 Å². The van der Waals surface area contributed by atoms with Gasteiger partial charge in [0.25, 0.3) is 0 Å². The van der Waals surface area contributed by atoms with Crippen molar-refractivity contribution in [2.75, 3.05) is 7.05 Å². The minimum atomic E-state index is 0.134. The van der Waals surface area contributed by atoms with E-state index in [9.17, 15) is 4.79 Å². The van der Waals surface area contributed by atoms with Gasteiger partial charge in [-0.1, -0.05) is 30.3 Å². The molecule has 2 unspecified atom stereocenters. The van der Waals surface area contributed by atoms with Crippen LogP contribution < -0.4 is 0 Å². The second kappa shape index (κ2) is 4.79. The topological polar surface area (TPSA) is 20.3 Å². The second-order valence-electron chi connectivity index (χ2n) is 4.72. The van der Waals surface area contributed by atoms with Crippen LogP contribution in [0.5, 0.6) is 0 Å². The molecule has 1 fully saturated rings. The van der Waals surface area contributed by atoms with Gasteiger partial charge in [-0.05, 0) is 32.4 Å². The quantitative estimate of drug-likeness (QED) is 0.774. The maximum absolute atomic E-state index is 11.8. The van der Waals surface area contributed by atoms with E-state index in [1.54, 1.807) is 0 Å². The number of hydrogen-bond acceptors (Lipinski definition) is 2. The number of nitrogens with zero attached hydrogens (tertiary/aromatic N) is 1. The molecule has 1 aliphatic heterocycles. The van der Waals surface area contributed by atoms with E-state index in [1.807, 2.05) is 6.07 Å². The Kier molecular flexibility index (Phi) is 3.39. The van der Waals surface area contributed by atoms with Crippen LogP contribution in [-0.2, 0) is 11.2 Å². The highest BCUT2D eigenvalue weighted by Crippen LogP contribution is 2.22. The fourth-order valence-electron chi connectivity index (χ4n) is 2.42. The smallest absolute Gasteiger partial charge is 0.151 e. The molecule has 86 valence electrons. The van der Waals surface area contributed by atoms with Gasteiger partial charge in [-0.3, -0.25) is 9.69 Å². The van der Waals surface area contributed by atoms with Crippen LogP contribution in [0.15, 0.2) is 30.3 Å². The number of hydrogen-bond donors (Lipinski definition) is 0. The van der Waals surface area contributed by atoms with Gasteiger partial charge in [0, 0.05) is 12.5 Å². The molecule has 1 aromatic carbocycles. The average molecular weight is 217 g/mol. The van der Waals surface area contributed by atoms with Crippen molar-refractivity contribution in [3.63, 3.8) is 0 Å². The number of aryl methyl sites for hydroxylation is 1. The van der Waals surface area contributed by atoms with Crippen molar-refractivity contribution in [1.82, 2.24) is 4.90 Å². The predicted molar refractivity (Wildman–Crippen MR) is 65.4 cm³/mol. The summed E-state index contributed by atoms with van der Waals surface area (Å²) >= 11 is 0. The van der Waals surface area contributed by atoms with Crippen molar-refractivity contribution in [3.05, 3.63) is 35.9 Å². The van der Waals surface area contributed by atoms with Crippen LogP contribution in [0.25, 0.3) is 0 Å². The van der Waals surface area contributed by atoms with Gasteiger partial charge in [0.2, 0.25) is 0 Å². The number of ketones is 1. The van der Waals surface area contributed by atoms with Crippen LogP contribution in [0.1, 0.15) is 25.3 Å². The van der Waals surface area contributed by atoms with Gasteiger partial charge in [-0.25, -0.2) is 0 Å². The normalized spacial score (nSPS) is 26.2. The summed E-state index contributed by atoms with van der Waals surface area (Å²) in [5.74, 6) is 0.408. The van der Waals surface area contributed by atoms with E-state index in [1.165, 1.54) is 5.56 Å². The van der Waals surface area contributed by atoms with Gasteiger partial charge in [-0.15, -0.1) is 0 Å². The SMILES string of the molecule is CC1CC(=O)C(CCc2ccccc2)N1C. The van der Waals surface area contributed by atoms with Crippen LogP contribution in [0.2, 0.25) is 0 Å². The van der Waals surface area contributed by atoms with Gasteiger partial charge in [0.05, 0.1) is 6.04 Å². The molecular weight excluding hydrogens is 198 g/mol. The van der Waals surface area contributed by atoms with Gasteiger partial charge in [-0.2, -0.15) is 0 Å². The first-order valence-corrected chi connectivity index (χ1v) is 5.97. The molecule has 0 spiro atoms. The monoisotopic (exact) mass is 217 g/mol. The number of carbonyl (C=O) groups is 1.